The monoisotopic (exact) mass is 502 g/mol. The Morgan fingerprint density at radius 3 is 2.47 bits per heavy atom. The second kappa shape index (κ2) is 12.4. The topological polar surface area (TPSA) is 60.4 Å². The molecule has 0 atom stereocenters. The number of aryl methyl sites for hydroxylation is 1. The molecule has 0 radical (unpaired) electrons. The smallest absolute Gasteiger partial charge is 0.266 e. The van der Waals surface area contributed by atoms with Gasteiger partial charge in [0.25, 0.3) is 5.91 Å². The molecule has 4 rings (SSSR count). The molecule has 7 heteroatoms. The molecule has 1 amide bonds. The van der Waals surface area contributed by atoms with Crippen molar-refractivity contribution >= 4 is 34.6 Å². The van der Waals surface area contributed by atoms with E-state index < -0.39 is 0 Å². The molecule has 0 aromatic heterocycles. The standard InChI is InChI=1S/C29H30N2O4S/c1-21-10-12-22(13-11-21)20-35-25-15-14-23(18-26(25)34-3)19-27-28(32)31(16-7-17-33-2)29(36-27)30-24-8-5-4-6-9-24/h4-6,8-15,18-19H,7,16-17,20H2,1-3H3/b27-19-,30-29?. The maximum absolute atomic E-state index is 13.3. The molecule has 1 aliphatic heterocycles. The molecule has 0 saturated carbocycles. The average Bonchev–Trinajstić information content (AvgIpc) is 3.18. The van der Waals surface area contributed by atoms with Crippen LogP contribution in [-0.2, 0) is 16.1 Å². The van der Waals surface area contributed by atoms with Crippen LogP contribution in [0.25, 0.3) is 6.08 Å². The van der Waals surface area contributed by atoms with Gasteiger partial charge in [0.1, 0.15) is 6.61 Å². The number of carbonyl (C=O) groups excluding carboxylic acids is 1. The number of para-hydroxylation sites is 1. The lowest BCUT2D eigenvalue weighted by Crippen LogP contribution is -2.30. The molecule has 6 nitrogen and oxygen atoms in total. The highest BCUT2D eigenvalue weighted by molar-refractivity contribution is 8.18. The van der Waals surface area contributed by atoms with Gasteiger partial charge in [-0.1, -0.05) is 54.1 Å². The first-order valence-corrected chi connectivity index (χ1v) is 12.6. The molecule has 0 spiro atoms. The molecule has 1 saturated heterocycles. The molecule has 1 heterocycles. The number of hydrogen-bond acceptors (Lipinski definition) is 6. The van der Waals surface area contributed by atoms with Gasteiger partial charge in [-0.15, -0.1) is 0 Å². The number of methoxy groups -OCH3 is 2. The van der Waals surface area contributed by atoms with Gasteiger partial charge >= 0.3 is 0 Å². The van der Waals surface area contributed by atoms with E-state index in [1.165, 1.54) is 17.3 Å². The minimum atomic E-state index is -0.0653. The zero-order valence-corrected chi connectivity index (χ0v) is 21.6. The van der Waals surface area contributed by atoms with Crippen molar-refractivity contribution in [1.82, 2.24) is 4.90 Å². The summed E-state index contributed by atoms with van der Waals surface area (Å²) >= 11 is 1.38. The summed E-state index contributed by atoms with van der Waals surface area (Å²) in [7, 11) is 3.27. The number of nitrogens with zero attached hydrogens (tertiary/aromatic N) is 2. The minimum absolute atomic E-state index is 0.0653. The third-order valence-electron chi connectivity index (χ3n) is 5.60. The van der Waals surface area contributed by atoms with Crippen LogP contribution < -0.4 is 9.47 Å². The Morgan fingerprint density at radius 2 is 1.75 bits per heavy atom. The van der Waals surface area contributed by atoms with E-state index in [0.717, 1.165) is 23.2 Å². The second-order valence-corrected chi connectivity index (χ2v) is 9.34. The zero-order chi connectivity index (χ0) is 25.3. The molecule has 3 aromatic rings. The van der Waals surface area contributed by atoms with Crippen LogP contribution in [0.15, 0.2) is 82.7 Å². The number of aliphatic imine (C=N–C) groups is 1. The summed E-state index contributed by atoms with van der Waals surface area (Å²) in [6.07, 6.45) is 2.60. The Labute approximate surface area is 216 Å². The number of amidine groups is 1. The SMILES string of the molecule is COCCCN1C(=O)/C(=C/c2ccc(OCc3ccc(C)cc3)c(OC)c2)SC1=Nc1ccccc1. The maximum Gasteiger partial charge on any atom is 0.266 e. The van der Waals surface area contributed by atoms with E-state index in [0.29, 0.717) is 41.3 Å². The minimum Gasteiger partial charge on any atom is -0.493 e. The van der Waals surface area contributed by atoms with E-state index in [1.807, 2.05) is 54.6 Å². The summed E-state index contributed by atoms with van der Waals surface area (Å²) in [5.41, 5.74) is 3.95. The van der Waals surface area contributed by atoms with E-state index in [1.54, 1.807) is 19.1 Å². The van der Waals surface area contributed by atoms with E-state index in [-0.39, 0.29) is 5.91 Å². The molecular formula is C29H30N2O4S. The van der Waals surface area contributed by atoms with Crippen molar-refractivity contribution in [1.29, 1.82) is 0 Å². The summed E-state index contributed by atoms with van der Waals surface area (Å²) < 4.78 is 16.8. The number of ether oxygens (including phenoxy) is 3. The fourth-order valence-electron chi connectivity index (χ4n) is 3.66. The number of hydrogen-bond donors (Lipinski definition) is 0. The van der Waals surface area contributed by atoms with Gasteiger partial charge in [0, 0.05) is 20.3 Å². The van der Waals surface area contributed by atoms with Crippen molar-refractivity contribution in [3.63, 3.8) is 0 Å². The average molecular weight is 503 g/mol. The van der Waals surface area contributed by atoms with Gasteiger partial charge in [0.2, 0.25) is 0 Å². The van der Waals surface area contributed by atoms with E-state index in [9.17, 15) is 4.79 Å². The molecule has 36 heavy (non-hydrogen) atoms. The number of rotatable bonds is 10. The molecule has 3 aromatic carbocycles. The zero-order valence-electron chi connectivity index (χ0n) is 20.8. The van der Waals surface area contributed by atoms with Crippen molar-refractivity contribution in [2.45, 2.75) is 20.0 Å². The van der Waals surface area contributed by atoms with E-state index in [4.69, 9.17) is 19.2 Å². The van der Waals surface area contributed by atoms with Crippen molar-refractivity contribution < 1.29 is 19.0 Å². The summed E-state index contributed by atoms with van der Waals surface area (Å²) in [4.78, 5) is 20.3. The molecular weight excluding hydrogens is 472 g/mol. The van der Waals surface area contributed by atoms with Crippen LogP contribution in [0.1, 0.15) is 23.1 Å². The van der Waals surface area contributed by atoms with Gasteiger partial charge in [0.05, 0.1) is 17.7 Å². The molecule has 1 fully saturated rings. The molecule has 0 bridgehead atoms. The third kappa shape index (κ3) is 6.56. The number of amides is 1. The van der Waals surface area contributed by atoms with Crippen LogP contribution >= 0.6 is 11.8 Å². The van der Waals surface area contributed by atoms with Gasteiger partial charge in [-0.2, -0.15) is 0 Å². The van der Waals surface area contributed by atoms with Crippen LogP contribution in [0.5, 0.6) is 11.5 Å². The Hall–Kier alpha value is -3.55. The highest BCUT2D eigenvalue weighted by Gasteiger charge is 2.33. The largest absolute Gasteiger partial charge is 0.493 e. The van der Waals surface area contributed by atoms with Crippen LogP contribution in [0.3, 0.4) is 0 Å². The maximum atomic E-state index is 13.3. The first-order chi connectivity index (χ1) is 17.6. The Kier molecular flexibility index (Phi) is 8.81. The van der Waals surface area contributed by atoms with E-state index in [2.05, 4.69) is 31.2 Å². The number of thioether (sulfide) groups is 1. The normalized spacial score (nSPS) is 15.6. The highest BCUT2D eigenvalue weighted by atomic mass is 32.2. The van der Waals surface area contributed by atoms with Crippen molar-refractivity contribution in [3.05, 3.63) is 94.4 Å². The molecule has 186 valence electrons. The van der Waals surface area contributed by atoms with Crippen LogP contribution in [0.4, 0.5) is 5.69 Å². The molecule has 0 aliphatic carbocycles. The first-order valence-electron chi connectivity index (χ1n) is 11.8. The Bertz CT molecular complexity index is 1240. The van der Waals surface area contributed by atoms with Gasteiger partial charge in [-0.05, 0) is 66.6 Å². The highest BCUT2D eigenvalue weighted by Crippen LogP contribution is 2.36. The Morgan fingerprint density at radius 1 is 0.972 bits per heavy atom. The summed E-state index contributed by atoms with van der Waals surface area (Å²) in [6.45, 7) is 3.62. The van der Waals surface area contributed by atoms with E-state index >= 15 is 0 Å². The van der Waals surface area contributed by atoms with Crippen LogP contribution in [0.2, 0.25) is 0 Å². The van der Waals surface area contributed by atoms with Gasteiger partial charge in [-0.3, -0.25) is 9.69 Å². The summed E-state index contributed by atoms with van der Waals surface area (Å²) in [5, 5.41) is 0.665. The summed E-state index contributed by atoms with van der Waals surface area (Å²) in [6, 6.07) is 23.6. The lowest BCUT2D eigenvalue weighted by molar-refractivity contribution is -0.122. The fraction of sp³-hybridized carbons (Fsp3) is 0.241. The van der Waals surface area contributed by atoms with Crippen molar-refractivity contribution in [2.75, 3.05) is 27.4 Å². The predicted molar refractivity (Wildman–Crippen MR) is 146 cm³/mol. The van der Waals surface area contributed by atoms with Crippen LogP contribution in [0, 0.1) is 6.92 Å². The quantitative estimate of drug-likeness (QED) is 0.243. The van der Waals surface area contributed by atoms with Crippen LogP contribution in [-0.4, -0.2) is 43.3 Å². The fourth-order valence-corrected chi connectivity index (χ4v) is 4.68. The van der Waals surface area contributed by atoms with Crippen molar-refractivity contribution in [2.24, 2.45) is 4.99 Å². The van der Waals surface area contributed by atoms with Gasteiger partial charge in [-0.25, -0.2) is 4.99 Å². The lowest BCUT2D eigenvalue weighted by atomic mass is 10.1. The van der Waals surface area contributed by atoms with Gasteiger partial charge in [0.15, 0.2) is 16.7 Å². The predicted octanol–water partition coefficient (Wildman–Crippen LogP) is 6.22. The first kappa shape index (κ1) is 25.5. The summed E-state index contributed by atoms with van der Waals surface area (Å²) in [5.74, 6) is 1.20. The lowest BCUT2D eigenvalue weighted by Gasteiger charge is -2.15. The molecule has 0 N–H and O–H groups in total. The number of benzene rings is 3. The van der Waals surface area contributed by atoms with Crippen molar-refractivity contribution in [3.8, 4) is 11.5 Å². The van der Waals surface area contributed by atoms with Gasteiger partial charge < -0.3 is 14.2 Å². The molecule has 0 unspecified atom stereocenters. The Balaban J connectivity index is 1.54. The third-order valence-corrected chi connectivity index (χ3v) is 6.61. The second-order valence-electron chi connectivity index (χ2n) is 8.33. The molecule has 1 aliphatic rings. The number of carbonyl (C=O) groups is 1.